The van der Waals surface area contributed by atoms with Crippen molar-refractivity contribution in [3.8, 4) is 0 Å². The van der Waals surface area contributed by atoms with Gasteiger partial charge in [0.2, 0.25) is 0 Å². The minimum absolute atomic E-state index is 0.210. The summed E-state index contributed by atoms with van der Waals surface area (Å²) < 4.78 is 0. The van der Waals surface area contributed by atoms with E-state index in [1.54, 1.807) is 0 Å². The predicted octanol–water partition coefficient (Wildman–Crippen LogP) is 3.81. The van der Waals surface area contributed by atoms with Crippen LogP contribution in [0.15, 0.2) is 30.3 Å². The fraction of sp³-hybridized carbons (Fsp3) is 0.364. The molecule has 0 aromatic heterocycles. The van der Waals surface area contributed by atoms with Crippen molar-refractivity contribution >= 4 is 28.7 Å². The van der Waals surface area contributed by atoms with Crippen LogP contribution < -0.4 is 0 Å². The summed E-state index contributed by atoms with van der Waals surface area (Å²) >= 11 is 11.1. The third kappa shape index (κ3) is 3.88. The van der Waals surface area contributed by atoms with E-state index in [-0.39, 0.29) is 5.38 Å². The summed E-state index contributed by atoms with van der Waals surface area (Å²) in [6.07, 6.45) is 1.86. The van der Waals surface area contributed by atoms with Crippen LogP contribution in [0.4, 0.5) is 0 Å². The van der Waals surface area contributed by atoms with Crippen LogP contribution >= 0.6 is 23.8 Å². The van der Waals surface area contributed by atoms with Crippen LogP contribution in [0.3, 0.4) is 0 Å². The predicted molar refractivity (Wildman–Crippen MR) is 62.7 cm³/mol. The molecule has 0 nitrogen and oxygen atoms in total. The smallest absolute Gasteiger partial charge is 0.0311 e. The van der Waals surface area contributed by atoms with Gasteiger partial charge in [0, 0.05) is 10.2 Å². The first kappa shape index (κ1) is 10.7. The van der Waals surface area contributed by atoms with Gasteiger partial charge in [0.15, 0.2) is 0 Å². The number of hydrogen-bond acceptors (Lipinski definition) is 1. The Hall–Kier alpha value is -0.400. The highest BCUT2D eigenvalue weighted by Crippen LogP contribution is 2.10. The van der Waals surface area contributed by atoms with Crippen LogP contribution in [0.2, 0.25) is 0 Å². The first-order valence-electron chi connectivity index (χ1n) is 4.42. The average molecular weight is 213 g/mol. The maximum atomic E-state index is 5.85. The summed E-state index contributed by atoms with van der Waals surface area (Å²) in [6.45, 7) is 2.00. The summed E-state index contributed by atoms with van der Waals surface area (Å²) in [6, 6.07) is 10.1. The van der Waals surface area contributed by atoms with Crippen LogP contribution in [-0.2, 0) is 0 Å². The molecule has 0 bridgehead atoms. The molecule has 0 aliphatic heterocycles. The summed E-state index contributed by atoms with van der Waals surface area (Å²) in [5, 5.41) is 0.210. The summed E-state index contributed by atoms with van der Waals surface area (Å²) in [5.74, 6) is 0. The Labute approximate surface area is 89.9 Å². The Kier molecular flexibility index (Phi) is 4.40. The lowest BCUT2D eigenvalue weighted by Gasteiger charge is -2.04. The van der Waals surface area contributed by atoms with E-state index >= 15 is 0 Å². The lowest BCUT2D eigenvalue weighted by atomic mass is 10.1. The van der Waals surface area contributed by atoms with Crippen LogP contribution in [-0.4, -0.2) is 10.2 Å². The number of halogens is 1. The number of alkyl halides is 1. The van der Waals surface area contributed by atoms with Crippen molar-refractivity contribution in [2.24, 2.45) is 0 Å². The van der Waals surface area contributed by atoms with Crippen molar-refractivity contribution < 1.29 is 0 Å². The van der Waals surface area contributed by atoms with Crippen molar-refractivity contribution in [1.29, 1.82) is 0 Å². The van der Waals surface area contributed by atoms with E-state index in [1.807, 2.05) is 37.3 Å². The second-order valence-corrected chi connectivity index (χ2v) is 4.35. The lowest BCUT2D eigenvalue weighted by molar-refractivity contribution is 0.850. The van der Waals surface area contributed by atoms with Crippen LogP contribution in [0.25, 0.3) is 0 Å². The Morgan fingerprint density at radius 3 is 2.54 bits per heavy atom. The van der Waals surface area contributed by atoms with Gasteiger partial charge in [-0.3, -0.25) is 0 Å². The van der Waals surface area contributed by atoms with E-state index in [1.165, 1.54) is 0 Å². The second kappa shape index (κ2) is 5.36. The number of rotatable bonds is 4. The van der Waals surface area contributed by atoms with Crippen molar-refractivity contribution in [3.05, 3.63) is 35.9 Å². The molecule has 1 aromatic rings. The molecule has 0 saturated heterocycles. The lowest BCUT2D eigenvalue weighted by Crippen LogP contribution is -2.00. The van der Waals surface area contributed by atoms with Crippen LogP contribution in [0.5, 0.6) is 0 Å². The zero-order valence-electron chi connectivity index (χ0n) is 7.66. The van der Waals surface area contributed by atoms with Gasteiger partial charge in [-0.25, -0.2) is 0 Å². The molecule has 1 rings (SSSR count). The quantitative estimate of drug-likeness (QED) is 0.416. The van der Waals surface area contributed by atoms with Gasteiger partial charge in [-0.2, -0.15) is 0 Å². The maximum absolute atomic E-state index is 5.85. The Morgan fingerprint density at radius 1 is 1.38 bits per heavy atom. The Balaban J connectivity index is 2.50. The van der Waals surface area contributed by atoms with Crippen molar-refractivity contribution in [3.63, 3.8) is 0 Å². The van der Waals surface area contributed by atoms with Gasteiger partial charge in [-0.1, -0.05) is 42.5 Å². The molecule has 0 amide bonds. The SMILES string of the molecule is CC(Cl)CCC(=S)c1ccccc1. The van der Waals surface area contributed by atoms with Crippen LogP contribution in [0, 0.1) is 0 Å². The average Bonchev–Trinajstić information content (AvgIpc) is 2.15. The molecule has 1 atom stereocenters. The molecular formula is C11H13ClS. The highest BCUT2D eigenvalue weighted by Gasteiger charge is 2.02. The van der Waals surface area contributed by atoms with Gasteiger partial charge in [0.05, 0.1) is 0 Å². The fourth-order valence-corrected chi connectivity index (χ4v) is 1.46. The molecule has 1 unspecified atom stereocenters. The third-order valence-electron chi connectivity index (χ3n) is 1.86. The van der Waals surface area contributed by atoms with Crippen molar-refractivity contribution in [2.75, 3.05) is 0 Å². The molecule has 1 aromatic carbocycles. The maximum Gasteiger partial charge on any atom is 0.0311 e. The van der Waals surface area contributed by atoms with E-state index < -0.39 is 0 Å². The molecule has 0 spiro atoms. The molecule has 0 saturated carbocycles. The van der Waals surface area contributed by atoms with E-state index in [2.05, 4.69) is 0 Å². The van der Waals surface area contributed by atoms with Gasteiger partial charge < -0.3 is 0 Å². The van der Waals surface area contributed by atoms with Gasteiger partial charge in [0.25, 0.3) is 0 Å². The van der Waals surface area contributed by atoms with Gasteiger partial charge >= 0.3 is 0 Å². The highest BCUT2D eigenvalue weighted by atomic mass is 35.5. The molecule has 0 heterocycles. The van der Waals surface area contributed by atoms with Gasteiger partial charge in [-0.05, 0) is 25.3 Å². The molecule has 70 valence electrons. The highest BCUT2D eigenvalue weighted by molar-refractivity contribution is 7.80. The molecule has 0 aliphatic carbocycles. The minimum Gasteiger partial charge on any atom is -0.123 e. The fourth-order valence-electron chi connectivity index (χ4n) is 1.10. The molecule has 0 fully saturated rings. The molecule has 13 heavy (non-hydrogen) atoms. The van der Waals surface area contributed by atoms with Gasteiger partial charge in [0.1, 0.15) is 0 Å². The normalized spacial score (nSPS) is 12.5. The monoisotopic (exact) mass is 212 g/mol. The first-order valence-corrected chi connectivity index (χ1v) is 5.27. The zero-order chi connectivity index (χ0) is 9.68. The van der Waals surface area contributed by atoms with Crippen LogP contribution in [0.1, 0.15) is 25.3 Å². The number of benzene rings is 1. The molecule has 0 N–H and O–H groups in total. The third-order valence-corrected chi connectivity index (χ3v) is 2.52. The molecule has 2 heteroatoms. The summed E-state index contributed by atoms with van der Waals surface area (Å²) in [7, 11) is 0. The second-order valence-electron chi connectivity index (χ2n) is 3.11. The summed E-state index contributed by atoms with van der Waals surface area (Å²) in [4.78, 5) is 1.01. The molecule has 0 aliphatic rings. The zero-order valence-corrected chi connectivity index (χ0v) is 9.24. The van der Waals surface area contributed by atoms with E-state index in [4.69, 9.17) is 23.8 Å². The Morgan fingerprint density at radius 2 is 2.00 bits per heavy atom. The van der Waals surface area contributed by atoms with Gasteiger partial charge in [-0.15, -0.1) is 11.6 Å². The van der Waals surface area contributed by atoms with E-state index in [0.717, 1.165) is 23.3 Å². The number of hydrogen-bond donors (Lipinski definition) is 0. The standard InChI is InChI=1S/C11H13ClS/c1-9(12)7-8-11(13)10-5-3-2-4-6-10/h2-6,9H,7-8H2,1H3. The van der Waals surface area contributed by atoms with Crippen molar-refractivity contribution in [2.45, 2.75) is 25.1 Å². The Bertz CT molecular complexity index is 267. The minimum atomic E-state index is 0.210. The topological polar surface area (TPSA) is 0 Å². The molecular weight excluding hydrogens is 200 g/mol. The van der Waals surface area contributed by atoms with Crippen molar-refractivity contribution in [1.82, 2.24) is 0 Å². The van der Waals surface area contributed by atoms with E-state index in [0.29, 0.717) is 0 Å². The largest absolute Gasteiger partial charge is 0.123 e. The number of thiocarbonyl (C=S) groups is 1. The van der Waals surface area contributed by atoms with E-state index in [9.17, 15) is 0 Å². The summed E-state index contributed by atoms with van der Waals surface area (Å²) in [5.41, 5.74) is 1.15. The molecule has 0 radical (unpaired) electrons. The first-order chi connectivity index (χ1) is 6.20.